The summed E-state index contributed by atoms with van der Waals surface area (Å²) in [6.45, 7) is 1.83. The number of hydrogen-bond acceptors (Lipinski definition) is 5. The van der Waals surface area contributed by atoms with E-state index >= 15 is 0 Å². The summed E-state index contributed by atoms with van der Waals surface area (Å²) in [4.78, 5) is 44.5. The average Bonchev–Trinajstić information content (AvgIpc) is 2.95. The fourth-order valence-corrected chi connectivity index (χ4v) is 5.28. The minimum atomic E-state index is -0.374. The third kappa shape index (κ3) is 5.61. The van der Waals surface area contributed by atoms with Gasteiger partial charge in [0.15, 0.2) is 10.9 Å². The lowest BCUT2D eigenvalue weighted by atomic mass is 10.0. The zero-order valence-electron chi connectivity index (χ0n) is 20.7. The Bertz CT molecular complexity index is 1790. The van der Waals surface area contributed by atoms with Gasteiger partial charge in [-0.15, -0.1) is 0 Å². The molecule has 4 aromatic carbocycles. The summed E-state index contributed by atoms with van der Waals surface area (Å²) >= 11 is 13.6. The first-order valence-electron chi connectivity index (χ1n) is 11.9. The molecule has 1 heterocycles. The third-order valence-electron chi connectivity index (χ3n) is 6.09. The molecule has 0 bridgehead atoms. The molecular weight excluding hydrogens is 553 g/mol. The number of aromatic nitrogens is 2. The van der Waals surface area contributed by atoms with Crippen LogP contribution in [0.3, 0.4) is 0 Å². The minimum Gasteiger partial charge on any atom is -0.325 e. The number of para-hydroxylation sites is 1. The molecule has 6 nitrogen and oxygen atoms in total. The van der Waals surface area contributed by atoms with Crippen LogP contribution in [0.1, 0.15) is 21.5 Å². The van der Waals surface area contributed by atoms with Gasteiger partial charge in [0, 0.05) is 21.2 Å². The van der Waals surface area contributed by atoms with E-state index in [9.17, 15) is 14.4 Å². The van der Waals surface area contributed by atoms with Gasteiger partial charge < -0.3 is 5.32 Å². The highest BCUT2D eigenvalue weighted by Gasteiger charge is 2.19. The van der Waals surface area contributed by atoms with Crippen LogP contribution in [0.4, 0.5) is 5.69 Å². The summed E-state index contributed by atoms with van der Waals surface area (Å²) < 4.78 is 1.48. The van der Waals surface area contributed by atoms with Crippen LogP contribution in [-0.2, 0) is 4.79 Å². The maximum atomic E-state index is 13.6. The van der Waals surface area contributed by atoms with E-state index in [0.29, 0.717) is 43.0 Å². The quantitative estimate of drug-likeness (QED) is 0.129. The van der Waals surface area contributed by atoms with Crippen molar-refractivity contribution >= 4 is 63.2 Å². The van der Waals surface area contributed by atoms with E-state index in [1.165, 1.54) is 10.6 Å². The van der Waals surface area contributed by atoms with Gasteiger partial charge in [-0.3, -0.25) is 19.0 Å². The number of hydrogen-bond donors (Lipinski definition) is 1. The van der Waals surface area contributed by atoms with E-state index in [2.05, 4.69) is 5.32 Å². The van der Waals surface area contributed by atoms with Crippen LogP contribution >= 0.6 is 35.0 Å². The number of anilines is 1. The molecule has 5 rings (SSSR count). The summed E-state index contributed by atoms with van der Waals surface area (Å²) in [5, 5.41) is 4.50. The van der Waals surface area contributed by atoms with Crippen molar-refractivity contribution in [1.29, 1.82) is 0 Å². The van der Waals surface area contributed by atoms with E-state index in [4.69, 9.17) is 28.2 Å². The van der Waals surface area contributed by atoms with Crippen LogP contribution in [0.2, 0.25) is 10.0 Å². The summed E-state index contributed by atoms with van der Waals surface area (Å²) in [6.07, 6.45) is 0. The van der Waals surface area contributed by atoms with Crippen molar-refractivity contribution in [1.82, 2.24) is 9.55 Å². The molecule has 0 fully saturated rings. The van der Waals surface area contributed by atoms with E-state index in [0.717, 1.165) is 17.3 Å². The van der Waals surface area contributed by atoms with Crippen LogP contribution in [0.5, 0.6) is 0 Å². The fraction of sp³-hybridized carbons (Fsp3) is 0.0667. The van der Waals surface area contributed by atoms with Crippen molar-refractivity contribution in [2.75, 3.05) is 11.1 Å². The monoisotopic (exact) mass is 573 g/mol. The molecule has 0 atom stereocenters. The zero-order chi connectivity index (χ0) is 27.5. The van der Waals surface area contributed by atoms with Crippen LogP contribution < -0.4 is 10.9 Å². The summed E-state index contributed by atoms with van der Waals surface area (Å²) in [5.41, 5.74) is 2.66. The molecule has 0 radical (unpaired) electrons. The van der Waals surface area contributed by atoms with Gasteiger partial charge >= 0.3 is 0 Å². The molecule has 1 aromatic heterocycles. The Morgan fingerprint density at radius 1 is 0.923 bits per heavy atom. The summed E-state index contributed by atoms with van der Waals surface area (Å²) in [7, 11) is 0. The largest absolute Gasteiger partial charge is 0.325 e. The molecule has 194 valence electrons. The number of nitrogens with one attached hydrogen (secondary N) is 1. The van der Waals surface area contributed by atoms with Crippen LogP contribution in [0.15, 0.2) is 101 Å². The number of amides is 1. The molecule has 0 aliphatic heterocycles. The molecule has 0 saturated heterocycles. The highest BCUT2D eigenvalue weighted by atomic mass is 35.5. The Morgan fingerprint density at radius 2 is 1.67 bits per heavy atom. The first kappa shape index (κ1) is 26.7. The Morgan fingerprint density at radius 3 is 2.46 bits per heavy atom. The molecule has 0 aliphatic carbocycles. The van der Waals surface area contributed by atoms with Crippen LogP contribution in [0, 0.1) is 6.92 Å². The number of rotatable bonds is 7. The number of fused-ring (bicyclic) bond motifs is 1. The Kier molecular flexibility index (Phi) is 7.84. The number of halogens is 2. The SMILES string of the molecule is Cc1c(Cl)cccc1-n1c(SCC(=O)Nc2ccc(Cl)cc2C(=O)c2ccccc2)nc2ccccc2c1=O. The van der Waals surface area contributed by atoms with Gasteiger partial charge in [-0.25, -0.2) is 4.98 Å². The maximum Gasteiger partial charge on any atom is 0.266 e. The molecule has 1 amide bonds. The molecule has 9 heteroatoms. The Labute approximate surface area is 238 Å². The number of carbonyl (C=O) groups excluding carboxylic acids is 2. The van der Waals surface area contributed by atoms with Crippen molar-refractivity contribution in [3.05, 3.63) is 128 Å². The number of benzene rings is 4. The van der Waals surface area contributed by atoms with Gasteiger partial charge in [-0.2, -0.15) is 0 Å². The predicted molar refractivity (Wildman–Crippen MR) is 158 cm³/mol. The second-order valence-electron chi connectivity index (χ2n) is 8.66. The number of ketones is 1. The standard InChI is InChI=1S/C30H21Cl2N3O3S/c1-18-23(32)11-7-13-26(18)35-29(38)21-10-5-6-12-24(21)34-30(35)39-17-27(36)33-25-15-14-20(31)16-22(25)28(37)19-8-3-2-4-9-19/h2-16H,17H2,1H3,(H,33,36). The zero-order valence-corrected chi connectivity index (χ0v) is 23.0. The molecular formula is C30H21Cl2N3O3S. The second-order valence-corrected chi connectivity index (χ2v) is 10.4. The maximum absolute atomic E-state index is 13.6. The Balaban J connectivity index is 1.46. The molecule has 0 spiro atoms. The molecule has 1 N–H and O–H groups in total. The smallest absolute Gasteiger partial charge is 0.266 e. The lowest BCUT2D eigenvalue weighted by Gasteiger charge is -2.16. The molecule has 0 aliphatic rings. The lowest BCUT2D eigenvalue weighted by Crippen LogP contribution is -2.23. The number of carbonyl (C=O) groups is 2. The first-order valence-corrected chi connectivity index (χ1v) is 13.7. The van der Waals surface area contributed by atoms with E-state index < -0.39 is 0 Å². The molecule has 0 saturated carbocycles. The van der Waals surface area contributed by atoms with E-state index in [1.54, 1.807) is 78.9 Å². The van der Waals surface area contributed by atoms with Gasteiger partial charge in [0.2, 0.25) is 5.91 Å². The van der Waals surface area contributed by atoms with E-state index in [1.807, 2.05) is 13.0 Å². The highest BCUT2D eigenvalue weighted by molar-refractivity contribution is 7.99. The highest BCUT2D eigenvalue weighted by Crippen LogP contribution is 2.28. The fourth-order valence-electron chi connectivity index (χ4n) is 4.13. The topological polar surface area (TPSA) is 81.1 Å². The van der Waals surface area contributed by atoms with Gasteiger partial charge in [-0.1, -0.05) is 83.5 Å². The van der Waals surface area contributed by atoms with Crippen molar-refractivity contribution in [2.45, 2.75) is 12.1 Å². The van der Waals surface area contributed by atoms with Crippen molar-refractivity contribution < 1.29 is 9.59 Å². The van der Waals surface area contributed by atoms with Gasteiger partial charge in [0.05, 0.1) is 28.0 Å². The predicted octanol–water partition coefficient (Wildman–Crippen LogP) is 6.96. The summed E-state index contributed by atoms with van der Waals surface area (Å²) in [5.74, 6) is -0.699. The lowest BCUT2D eigenvalue weighted by molar-refractivity contribution is -0.113. The number of thioether (sulfide) groups is 1. The molecule has 0 unspecified atom stereocenters. The van der Waals surface area contributed by atoms with Crippen LogP contribution in [-0.4, -0.2) is 27.0 Å². The van der Waals surface area contributed by atoms with Gasteiger partial charge in [0.1, 0.15) is 0 Å². The van der Waals surface area contributed by atoms with Crippen molar-refractivity contribution in [2.24, 2.45) is 0 Å². The molecule has 39 heavy (non-hydrogen) atoms. The normalized spacial score (nSPS) is 10.9. The minimum absolute atomic E-state index is 0.0635. The third-order valence-corrected chi connectivity index (χ3v) is 7.68. The van der Waals surface area contributed by atoms with Gasteiger partial charge in [0.25, 0.3) is 5.56 Å². The Hall–Kier alpha value is -3.91. The van der Waals surface area contributed by atoms with E-state index in [-0.39, 0.29) is 28.6 Å². The van der Waals surface area contributed by atoms with Crippen LogP contribution in [0.25, 0.3) is 16.6 Å². The average molecular weight is 574 g/mol. The summed E-state index contributed by atoms with van der Waals surface area (Å²) in [6, 6.07) is 25.9. The van der Waals surface area contributed by atoms with Crippen molar-refractivity contribution in [3.63, 3.8) is 0 Å². The van der Waals surface area contributed by atoms with Crippen molar-refractivity contribution in [3.8, 4) is 5.69 Å². The number of nitrogens with zero attached hydrogens (tertiary/aromatic N) is 2. The van der Waals surface area contributed by atoms with Gasteiger partial charge in [-0.05, 0) is 55.0 Å². The first-order chi connectivity index (χ1) is 18.8. The molecule has 5 aromatic rings. The second kappa shape index (κ2) is 11.5.